The summed E-state index contributed by atoms with van der Waals surface area (Å²) in [5.74, 6) is -1.70. The lowest BCUT2D eigenvalue weighted by molar-refractivity contribution is -0.136. The second kappa shape index (κ2) is 7.90. The van der Waals surface area contributed by atoms with E-state index in [9.17, 15) is 14.0 Å². The number of halogens is 3. The highest BCUT2D eigenvalue weighted by molar-refractivity contribution is 6.32. The summed E-state index contributed by atoms with van der Waals surface area (Å²) in [5.41, 5.74) is 0.457. The number of hydrogen-bond donors (Lipinski definition) is 0. The number of esters is 1. The zero-order valence-electron chi connectivity index (χ0n) is 11.8. The van der Waals surface area contributed by atoms with Crippen molar-refractivity contribution in [1.82, 2.24) is 0 Å². The summed E-state index contributed by atoms with van der Waals surface area (Å²) in [6.45, 7) is -0.421. The molecule has 0 amide bonds. The molecule has 0 bridgehead atoms. The molecule has 0 N–H and O–H groups in total. The molecule has 2 aromatic carbocycles. The van der Waals surface area contributed by atoms with E-state index in [0.29, 0.717) is 10.6 Å². The molecular weight excluding hydrogens is 342 g/mol. The zero-order valence-corrected chi connectivity index (χ0v) is 13.3. The molecule has 0 aliphatic rings. The second-order valence-corrected chi connectivity index (χ2v) is 5.35. The van der Waals surface area contributed by atoms with Gasteiger partial charge < -0.3 is 4.74 Å². The van der Waals surface area contributed by atoms with Crippen molar-refractivity contribution in [1.29, 1.82) is 0 Å². The van der Waals surface area contributed by atoms with E-state index >= 15 is 0 Å². The molecule has 0 unspecified atom stereocenters. The van der Waals surface area contributed by atoms with Gasteiger partial charge in [-0.05, 0) is 42.5 Å². The Morgan fingerprint density at radius 1 is 1.09 bits per heavy atom. The lowest BCUT2D eigenvalue weighted by atomic mass is 10.1. The van der Waals surface area contributed by atoms with Gasteiger partial charge in [0.2, 0.25) is 0 Å². The van der Waals surface area contributed by atoms with Crippen LogP contribution >= 0.6 is 23.2 Å². The average molecular weight is 353 g/mol. The van der Waals surface area contributed by atoms with Crippen LogP contribution in [0, 0.1) is 5.82 Å². The van der Waals surface area contributed by atoms with E-state index in [2.05, 4.69) is 0 Å². The van der Waals surface area contributed by atoms with Crippen molar-refractivity contribution in [3.05, 3.63) is 75.5 Å². The normalized spacial score (nSPS) is 10.7. The predicted octanol–water partition coefficient (Wildman–Crippen LogP) is 4.57. The van der Waals surface area contributed by atoms with Crippen LogP contribution in [-0.4, -0.2) is 18.4 Å². The van der Waals surface area contributed by atoms with E-state index in [1.807, 2.05) is 0 Å². The molecule has 2 aromatic rings. The van der Waals surface area contributed by atoms with Crippen LogP contribution in [0.5, 0.6) is 0 Å². The number of benzene rings is 2. The Balaban J connectivity index is 1.93. The van der Waals surface area contributed by atoms with Crippen LogP contribution < -0.4 is 0 Å². The molecule has 0 spiro atoms. The summed E-state index contributed by atoms with van der Waals surface area (Å²) in [4.78, 5) is 23.4. The molecule has 3 nitrogen and oxygen atoms in total. The Morgan fingerprint density at radius 2 is 1.78 bits per heavy atom. The molecule has 0 saturated carbocycles. The minimum Gasteiger partial charge on any atom is -0.454 e. The average Bonchev–Trinajstić information content (AvgIpc) is 2.53. The topological polar surface area (TPSA) is 43.4 Å². The zero-order chi connectivity index (χ0) is 16.8. The molecule has 0 aliphatic heterocycles. The van der Waals surface area contributed by atoms with E-state index in [-0.39, 0.29) is 16.4 Å². The predicted molar refractivity (Wildman–Crippen MR) is 87.2 cm³/mol. The van der Waals surface area contributed by atoms with Crippen molar-refractivity contribution in [2.45, 2.75) is 0 Å². The molecule has 0 saturated heterocycles. The number of ether oxygens (including phenoxy) is 1. The highest BCUT2D eigenvalue weighted by Crippen LogP contribution is 2.20. The van der Waals surface area contributed by atoms with Crippen molar-refractivity contribution in [2.75, 3.05) is 6.61 Å². The first-order valence-electron chi connectivity index (χ1n) is 6.55. The maximum Gasteiger partial charge on any atom is 0.331 e. The molecule has 0 aliphatic carbocycles. The van der Waals surface area contributed by atoms with E-state index in [4.69, 9.17) is 27.9 Å². The van der Waals surface area contributed by atoms with Gasteiger partial charge in [0, 0.05) is 22.2 Å². The van der Waals surface area contributed by atoms with Gasteiger partial charge in [0.05, 0.1) is 5.02 Å². The molecule has 0 atom stereocenters. The number of Topliss-reactive ketones (excluding diaryl/α,β-unsaturated/α-hetero) is 1. The van der Waals surface area contributed by atoms with Gasteiger partial charge in [-0.2, -0.15) is 0 Å². The summed E-state index contributed by atoms with van der Waals surface area (Å²) < 4.78 is 18.3. The molecule has 23 heavy (non-hydrogen) atoms. The summed E-state index contributed by atoms with van der Waals surface area (Å²) >= 11 is 11.5. The van der Waals surface area contributed by atoms with Gasteiger partial charge in [-0.1, -0.05) is 29.3 Å². The van der Waals surface area contributed by atoms with Gasteiger partial charge in [0.25, 0.3) is 0 Å². The smallest absolute Gasteiger partial charge is 0.331 e. The molecular formula is C17H11Cl2FO3. The van der Waals surface area contributed by atoms with Gasteiger partial charge in [-0.3, -0.25) is 4.79 Å². The van der Waals surface area contributed by atoms with Crippen molar-refractivity contribution in [2.24, 2.45) is 0 Å². The fourth-order valence-corrected chi connectivity index (χ4v) is 2.08. The second-order valence-electron chi connectivity index (χ2n) is 4.51. The Kier molecular flexibility index (Phi) is 5.90. The maximum atomic E-state index is 13.5. The van der Waals surface area contributed by atoms with Crippen LogP contribution in [0.1, 0.15) is 15.9 Å². The van der Waals surface area contributed by atoms with Crippen molar-refractivity contribution >= 4 is 41.0 Å². The first-order chi connectivity index (χ1) is 11.0. The number of rotatable bonds is 5. The summed E-state index contributed by atoms with van der Waals surface area (Å²) in [5, 5.41) is 0.675. The third-order valence-electron chi connectivity index (χ3n) is 2.90. The molecule has 0 fully saturated rings. The first-order valence-corrected chi connectivity index (χ1v) is 7.30. The molecule has 0 aromatic heterocycles. The maximum absolute atomic E-state index is 13.5. The highest BCUT2D eigenvalue weighted by atomic mass is 35.5. The number of carbonyl (C=O) groups is 2. The lowest BCUT2D eigenvalue weighted by Crippen LogP contribution is -2.12. The quantitative estimate of drug-likeness (QED) is 0.449. The number of hydrogen-bond acceptors (Lipinski definition) is 3. The van der Waals surface area contributed by atoms with Crippen LogP contribution in [0.15, 0.2) is 48.5 Å². The van der Waals surface area contributed by atoms with Gasteiger partial charge in [-0.25, -0.2) is 9.18 Å². The van der Waals surface area contributed by atoms with E-state index in [1.54, 1.807) is 12.1 Å². The summed E-state index contributed by atoms with van der Waals surface area (Å²) in [6.07, 6.45) is 2.21. The third kappa shape index (κ3) is 4.91. The fourth-order valence-electron chi connectivity index (χ4n) is 1.73. The highest BCUT2D eigenvalue weighted by Gasteiger charge is 2.09. The minimum absolute atomic E-state index is 0.0788. The van der Waals surface area contributed by atoms with E-state index in [0.717, 1.165) is 6.08 Å². The largest absolute Gasteiger partial charge is 0.454 e. The Labute approximate surface area is 142 Å². The molecule has 0 heterocycles. The van der Waals surface area contributed by atoms with Crippen LogP contribution in [0.3, 0.4) is 0 Å². The Bertz CT molecular complexity index is 735. The molecule has 2 rings (SSSR count). The van der Waals surface area contributed by atoms with Gasteiger partial charge in [0.15, 0.2) is 12.4 Å². The Morgan fingerprint density at radius 3 is 2.43 bits per heavy atom. The van der Waals surface area contributed by atoms with Gasteiger partial charge in [-0.15, -0.1) is 0 Å². The first kappa shape index (κ1) is 17.2. The number of ketones is 1. The summed E-state index contributed by atoms with van der Waals surface area (Å²) in [7, 11) is 0. The standard InChI is InChI=1S/C17H11Cl2FO3/c18-12-6-4-11(5-7-12)16(21)10-23-17(22)9-8-13-14(19)2-1-3-15(13)20/h1-9H,10H2. The minimum atomic E-state index is -0.772. The van der Waals surface area contributed by atoms with Crippen LogP contribution in [-0.2, 0) is 9.53 Å². The SMILES string of the molecule is O=C(C=Cc1c(F)cccc1Cl)OCC(=O)c1ccc(Cl)cc1. The fraction of sp³-hybridized carbons (Fsp3) is 0.0588. The molecule has 0 radical (unpaired) electrons. The van der Waals surface area contributed by atoms with E-state index in [1.165, 1.54) is 36.4 Å². The van der Waals surface area contributed by atoms with Crippen LogP contribution in [0.25, 0.3) is 6.08 Å². The monoisotopic (exact) mass is 352 g/mol. The van der Waals surface area contributed by atoms with Crippen LogP contribution in [0.2, 0.25) is 10.0 Å². The number of carbonyl (C=O) groups excluding carboxylic acids is 2. The molecule has 6 heteroatoms. The Hall–Kier alpha value is -2.17. The van der Waals surface area contributed by atoms with Gasteiger partial charge >= 0.3 is 5.97 Å². The van der Waals surface area contributed by atoms with Crippen LogP contribution in [0.4, 0.5) is 4.39 Å². The molecule has 118 valence electrons. The summed E-state index contributed by atoms with van der Waals surface area (Å²) in [6, 6.07) is 10.4. The van der Waals surface area contributed by atoms with Crippen molar-refractivity contribution in [3.63, 3.8) is 0 Å². The third-order valence-corrected chi connectivity index (χ3v) is 3.48. The van der Waals surface area contributed by atoms with Crippen molar-refractivity contribution < 1.29 is 18.7 Å². The van der Waals surface area contributed by atoms with Gasteiger partial charge in [0.1, 0.15) is 5.82 Å². The van der Waals surface area contributed by atoms with Crippen molar-refractivity contribution in [3.8, 4) is 0 Å². The lowest BCUT2D eigenvalue weighted by Gasteiger charge is -2.03. The van der Waals surface area contributed by atoms with E-state index < -0.39 is 18.4 Å².